The van der Waals surface area contributed by atoms with Crippen molar-refractivity contribution in [2.75, 3.05) is 18.6 Å². The van der Waals surface area contributed by atoms with E-state index in [9.17, 15) is 4.79 Å². The molecule has 152 valence electrons. The fraction of sp³-hybridized carbons (Fsp3) is 0.476. The average Bonchev–Trinajstić information content (AvgIpc) is 2.68. The molecule has 2 aromatic rings. The molecule has 0 aliphatic carbocycles. The van der Waals surface area contributed by atoms with Crippen molar-refractivity contribution < 1.29 is 9.84 Å². The second-order valence-corrected chi connectivity index (χ2v) is 6.62. The molecule has 0 atom stereocenters. The number of nitrogens with zero attached hydrogens (tertiary/aromatic N) is 2. The van der Waals surface area contributed by atoms with Crippen LogP contribution >= 0.6 is 0 Å². The Bertz CT molecular complexity index is 818. The number of benzene rings is 1. The van der Waals surface area contributed by atoms with Crippen LogP contribution in [0.5, 0.6) is 5.75 Å². The third-order valence-corrected chi connectivity index (χ3v) is 4.38. The Hall–Kier alpha value is -2.67. The number of para-hydroxylation sites is 1. The van der Waals surface area contributed by atoms with Gasteiger partial charge in [-0.3, -0.25) is 9.78 Å². The van der Waals surface area contributed by atoms with Gasteiger partial charge in [0.25, 0.3) is 5.56 Å². The highest BCUT2D eigenvalue weighted by molar-refractivity contribution is 5.83. The van der Waals surface area contributed by atoms with Crippen LogP contribution in [0.2, 0.25) is 0 Å². The molecule has 0 aliphatic rings. The maximum Gasteiger partial charge on any atom is 0.255 e. The second-order valence-electron chi connectivity index (χ2n) is 6.62. The third kappa shape index (κ3) is 6.81. The molecule has 0 aliphatic heterocycles. The molecular formula is C21H30N4O3. The Labute approximate surface area is 165 Å². The first-order valence-electron chi connectivity index (χ1n) is 9.87. The fourth-order valence-electron chi connectivity index (χ4n) is 2.84. The quantitative estimate of drug-likeness (QED) is 0.295. The van der Waals surface area contributed by atoms with E-state index in [1.54, 1.807) is 13.1 Å². The summed E-state index contributed by atoms with van der Waals surface area (Å²) in [6, 6.07) is 7.69. The zero-order valence-electron chi connectivity index (χ0n) is 16.7. The molecule has 7 heteroatoms. The predicted molar refractivity (Wildman–Crippen MR) is 112 cm³/mol. The number of anilines is 1. The van der Waals surface area contributed by atoms with Crippen molar-refractivity contribution in [1.29, 1.82) is 0 Å². The fourth-order valence-corrected chi connectivity index (χ4v) is 2.84. The summed E-state index contributed by atoms with van der Waals surface area (Å²) in [6.45, 7) is 4.53. The van der Waals surface area contributed by atoms with E-state index in [1.807, 2.05) is 24.3 Å². The maximum absolute atomic E-state index is 12.0. The number of aryl methyl sites for hydroxylation is 1. The van der Waals surface area contributed by atoms with Crippen molar-refractivity contribution in [3.63, 3.8) is 0 Å². The maximum atomic E-state index is 12.0. The van der Waals surface area contributed by atoms with E-state index in [1.165, 1.54) is 25.7 Å². The van der Waals surface area contributed by atoms with Gasteiger partial charge in [-0.25, -0.2) is 10.4 Å². The van der Waals surface area contributed by atoms with Gasteiger partial charge in [0.15, 0.2) is 0 Å². The number of nitrogens with one attached hydrogen (secondary N) is 2. The Morgan fingerprint density at radius 2 is 2.04 bits per heavy atom. The largest absolute Gasteiger partial charge is 0.493 e. The lowest BCUT2D eigenvalue weighted by Crippen LogP contribution is -2.19. The van der Waals surface area contributed by atoms with Gasteiger partial charge in [0.2, 0.25) is 5.95 Å². The van der Waals surface area contributed by atoms with Gasteiger partial charge in [-0.15, -0.1) is 0 Å². The summed E-state index contributed by atoms with van der Waals surface area (Å²) in [6.07, 6.45) is 7.88. The van der Waals surface area contributed by atoms with Crippen molar-refractivity contribution in [3.8, 4) is 5.75 Å². The molecule has 2 rings (SSSR count). The Kier molecular flexibility index (Phi) is 9.21. The number of hydrogen-bond donors (Lipinski definition) is 3. The zero-order valence-corrected chi connectivity index (χ0v) is 16.7. The van der Waals surface area contributed by atoms with Gasteiger partial charge in [0.1, 0.15) is 5.75 Å². The van der Waals surface area contributed by atoms with Crippen LogP contribution in [-0.2, 0) is 6.42 Å². The molecule has 3 N–H and O–H groups in total. The molecule has 0 unspecified atom stereocenters. The first kappa shape index (κ1) is 21.6. The molecule has 0 radical (unpaired) electrons. The second kappa shape index (κ2) is 11.9. The van der Waals surface area contributed by atoms with Gasteiger partial charge in [-0.2, -0.15) is 5.10 Å². The van der Waals surface area contributed by atoms with E-state index in [4.69, 9.17) is 9.84 Å². The van der Waals surface area contributed by atoms with Gasteiger partial charge < -0.3 is 9.84 Å². The molecule has 1 heterocycles. The number of unbranched alkanes of at least 4 members (excludes halogenated alkanes) is 4. The minimum absolute atomic E-state index is 0.0914. The number of hydrazone groups is 1. The Morgan fingerprint density at radius 3 is 2.79 bits per heavy atom. The average molecular weight is 386 g/mol. The molecule has 7 nitrogen and oxygen atoms in total. The summed E-state index contributed by atoms with van der Waals surface area (Å²) >= 11 is 0. The van der Waals surface area contributed by atoms with Crippen LogP contribution < -0.4 is 15.7 Å². The van der Waals surface area contributed by atoms with Gasteiger partial charge in [-0.05, 0) is 25.5 Å². The smallest absolute Gasteiger partial charge is 0.255 e. The summed E-state index contributed by atoms with van der Waals surface area (Å²) in [4.78, 5) is 18.9. The van der Waals surface area contributed by atoms with Crippen molar-refractivity contribution in [1.82, 2.24) is 9.97 Å². The Balaban J connectivity index is 1.94. The van der Waals surface area contributed by atoms with Gasteiger partial charge in [-0.1, -0.05) is 44.7 Å². The first-order chi connectivity index (χ1) is 13.7. The van der Waals surface area contributed by atoms with Gasteiger partial charge in [0.05, 0.1) is 18.5 Å². The molecule has 0 saturated carbocycles. The molecule has 1 aromatic heterocycles. The van der Waals surface area contributed by atoms with Crippen LogP contribution in [0.4, 0.5) is 5.95 Å². The molecule has 0 saturated heterocycles. The molecular weight excluding hydrogens is 356 g/mol. The van der Waals surface area contributed by atoms with E-state index in [2.05, 4.69) is 27.4 Å². The standard InChI is InChI=1S/C21H30N4O3/c1-3-4-5-6-9-14-28-19-11-8-7-10-17(19)15-22-25-21-23-16(2)18(12-13-26)20(27)24-21/h7-8,10-11,15,26H,3-6,9,12-14H2,1-2H3,(H2,23,24,25,27)/b22-15-. The van der Waals surface area contributed by atoms with Crippen molar-refractivity contribution in [2.45, 2.75) is 52.4 Å². The highest BCUT2D eigenvalue weighted by Gasteiger charge is 2.07. The first-order valence-corrected chi connectivity index (χ1v) is 9.87. The number of H-pyrrole nitrogens is 1. The van der Waals surface area contributed by atoms with Crippen LogP contribution in [-0.4, -0.2) is 34.5 Å². The van der Waals surface area contributed by atoms with Crippen molar-refractivity contribution >= 4 is 12.2 Å². The minimum Gasteiger partial charge on any atom is -0.493 e. The Morgan fingerprint density at radius 1 is 1.25 bits per heavy atom. The van der Waals surface area contributed by atoms with E-state index < -0.39 is 0 Å². The lowest BCUT2D eigenvalue weighted by molar-refractivity contribution is 0.298. The molecule has 0 spiro atoms. The van der Waals surface area contributed by atoms with Crippen LogP contribution in [0.1, 0.15) is 55.8 Å². The van der Waals surface area contributed by atoms with Crippen molar-refractivity contribution in [3.05, 3.63) is 51.4 Å². The van der Waals surface area contributed by atoms with Gasteiger partial charge in [0, 0.05) is 24.2 Å². The SMILES string of the molecule is CCCCCCCOc1ccccc1/C=N\Nc1nc(C)c(CCO)c(=O)[nH]1. The predicted octanol–water partition coefficient (Wildman–Crippen LogP) is 3.41. The monoisotopic (exact) mass is 386 g/mol. The lowest BCUT2D eigenvalue weighted by Gasteiger charge is -2.09. The molecule has 0 bridgehead atoms. The minimum atomic E-state index is -0.272. The van der Waals surface area contributed by atoms with Gasteiger partial charge >= 0.3 is 0 Å². The number of aliphatic hydroxyl groups excluding tert-OH is 1. The number of ether oxygens (including phenoxy) is 1. The van der Waals surface area contributed by atoms with Crippen molar-refractivity contribution in [2.24, 2.45) is 5.10 Å². The number of hydrogen-bond acceptors (Lipinski definition) is 6. The summed E-state index contributed by atoms with van der Waals surface area (Å²) in [5.74, 6) is 1.04. The highest BCUT2D eigenvalue weighted by Crippen LogP contribution is 2.17. The summed E-state index contributed by atoms with van der Waals surface area (Å²) in [5.41, 5.74) is 4.37. The van der Waals surface area contributed by atoms with Crippen LogP contribution in [0.25, 0.3) is 0 Å². The highest BCUT2D eigenvalue weighted by atomic mass is 16.5. The van der Waals surface area contributed by atoms with E-state index in [0.717, 1.165) is 17.7 Å². The topological polar surface area (TPSA) is 99.6 Å². The summed E-state index contributed by atoms with van der Waals surface area (Å²) in [5, 5.41) is 13.2. The molecule has 28 heavy (non-hydrogen) atoms. The summed E-state index contributed by atoms with van der Waals surface area (Å²) in [7, 11) is 0. The molecule has 0 fully saturated rings. The van der Waals surface area contributed by atoms with E-state index >= 15 is 0 Å². The molecule has 0 amide bonds. The van der Waals surface area contributed by atoms with Crippen LogP contribution in [0, 0.1) is 6.92 Å². The van der Waals surface area contributed by atoms with Crippen LogP contribution in [0.3, 0.4) is 0 Å². The van der Waals surface area contributed by atoms with Crippen LogP contribution in [0.15, 0.2) is 34.2 Å². The van der Waals surface area contributed by atoms with E-state index in [-0.39, 0.29) is 24.5 Å². The lowest BCUT2D eigenvalue weighted by atomic mass is 10.2. The normalized spacial score (nSPS) is 11.1. The zero-order chi connectivity index (χ0) is 20.2. The van der Waals surface area contributed by atoms with E-state index in [0.29, 0.717) is 17.9 Å². The number of aliphatic hydroxyl groups is 1. The summed E-state index contributed by atoms with van der Waals surface area (Å²) < 4.78 is 5.88. The number of aromatic amines is 1. The number of rotatable bonds is 12. The molecule has 1 aromatic carbocycles. The third-order valence-electron chi connectivity index (χ3n) is 4.38. The number of aromatic nitrogens is 2.